The third-order valence-electron chi connectivity index (χ3n) is 4.09. The highest BCUT2D eigenvalue weighted by molar-refractivity contribution is 8.18. The number of nitro benzene ring substituents is 1. The van der Waals surface area contributed by atoms with E-state index in [-0.39, 0.29) is 23.4 Å². The standard InChI is InChI=1S/C20H18N2O6S/c1-3-27-17-10-14(11-18-19(23)21(2)20(24)29-18)6-9-16(17)28-12-13-4-7-15(8-5-13)22(25)26/h4-11H,3,12H2,1-2H3/b18-11-. The van der Waals surface area contributed by atoms with Gasteiger partial charge in [0, 0.05) is 19.2 Å². The van der Waals surface area contributed by atoms with E-state index in [4.69, 9.17) is 9.47 Å². The fraction of sp³-hybridized carbons (Fsp3) is 0.200. The molecule has 0 aromatic heterocycles. The molecule has 0 radical (unpaired) electrons. The van der Waals surface area contributed by atoms with E-state index in [1.807, 2.05) is 6.92 Å². The van der Waals surface area contributed by atoms with Crippen molar-refractivity contribution in [3.05, 3.63) is 68.6 Å². The van der Waals surface area contributed by atoms with Crippen LogP contribution < -0.4 is 9.47 Å². The molecule has 3 rings (SSSR count). The van der Waals surface area contributed by atoms with Crippen LogP contribution in [0.15, 0.2) is 47.4 Å². The summed E-state index contributed by atoms with van der Waals surface area (Å²) >= 11 is 0.889. The molecule has 2 aromatic carbocycles. The molecular formula is C20H18N2O6S. The van der Waals surface area contributed by atoms with Crippen molar-refractivity contribution in [2.45, 2.75) is 13.5 Å². The minimum absolute atomic E-state index is 0.0181. The molecule has 0 N–H and O–H groups in total. The average molecular weight is 414 g/mol. The fourth-order valence-corrected chi connectivity index (χ4v) is 3.40. The van der Waals surface area contributed by atoms with Gasteiger partial charge in [0.25, 0.3) is 16.8 Å². The molecule has 2 amide bonds. The zero-order valence-electron chi connectivity index (χ0n) is 15.8. The first-order valence-electron chi connectivity index (χ1n) is 8.73. The molecule has 0 unspecified atom stereocenters. The number of non-ortho nitro benzene ring substituents is 1. The van der Waals surface area contributed by atoms with Crippen molar-refractivity contribution >= 4 is 34.7 Å². The Bertz CT molecular complexity index is 987. The Balaban J connectivity index is 1.76. The van der Waals surface area contributed by atoms with E-state index < -0.39 is 4.92 Å². The molecule has 8 nitrogen and oxygen atoms in total. The second-order valence-electron chi connectivity index (χ2n) is 6.09. The summed E-state index contributed by atoms with van der Waals surface area (Å²) in [6.45, 7) is 2.48. The lowest BCUT2D eigenvalue weighted by atomic mass is 10.1. The normalized spacial score (nSPS) is 15.1. The number of ether oxygens (including phenoxy) is 2. The summed E-state index contributed by atoms with van der Waals surface area (Å²) in [5, 5.41) is 10.4. The first kappa shape index (κ1) is 20.4. The highest BCUT2D eigenvalue weighted by Gasteiger charge is 2.31. The van der Waals surface area contributed by atoms with Crippen LogP contribution >= 0.6 is 11.8 Å². The predicted octanol–water partition coefficient (Wildman–Crippen LogP) is 4.24. The summed E-state index contributed by atoms with van der Waals surface area (Å²) in [7, 11) is 1.44. The number of rotatable bonds is 7. The maximum Gasteiger partial charge on any atom is 0.293 e. The van der Waals surface area contributed by atoms with Crippen LogP contribution in [0.3, 0.4) is 0 Å². The van der Waals surface area contributed by atoms with E-state index in [1.165, 1.54) is 19.2 Å². The molecule has 0 spiro atoms. The quantitative estimate of drug-likeness (QED) is 0.380. The van der Waals surface area contributed by atoms with Gasteiger partial charge in [-0.15, -0.1) is 0 Å². The van der Waals surface area contributed by atoms with Crippen LogP contribution in [-0.4, -0.2) is 34.6 Å². The summed E-state index contributed by atoms with van der Waals surface area (Å²) in [6.07, 6.45) is 1.64. The molecule has 0 saturated carbocycles. The van der Waals surface area contributed by atoms with Gasteiger partial charge in [-0.25, -0.2) is 0 Å². The van der Waals surface area contributed by atoms with Gasteiger partial charge in [0.05, 0.1) is 16.4 Å². The molecule has 150 valence electrons. The number of hydrogen-bond donors (Lipinski definition) is 0. The zero-order valence-corrected chi connectivity index (χ0v) is 16.6. The first-order chi connectivity index (χ1) is 13.9. The lowest BCUT2D eigenvalue weighted by molar-refractivity contribution is -0.384. The van der Waals surface area contributed by atoms with Crippen LogP contribution in [0.5, 0.6) is 11.5 Å². The number of imide groups is 1. The number of amides is 2. The van der Waals surface area contributed by atoms with Gasteiger partial charge >= 0.3 is 0 Å². The minimum Gasteiger partial charge on any atom is -0.490 e. The second kappa shape index (κ2) is 8.78. The predicted molar refractivity (Wildman–Crippen MR) is 109 cm³/mol. The number of likely N-dealkylation sites (N-methyl/N-ethyl adjacent to an activating group) is 1. The molecule has 1 fully saturated rings. The van der Waals surface area contributed by atoms with Gasteiger partial charge in [0.15, 0.2) is 11.5 Å². The van der Waals surface area contributed by atoms with Gasteiger partial charge in [-0.05, 0) is 60.2 Å². The third kappa shape index (κ3) is 4.75. The van der Waals surface area contributed by atoms with Crippen molar-refractivity contribution in [1.82, 2.24) is 4.90 Å². The Morgan fingerprint density at radius 3 is 2.41 bits per heavy atom. The molecular weight excluding hydrogens is 396 g/mol. The Hall–Kier alpha value is -3.33. The van der Waals surface area contributed by atoms with Gasteiger partial charge < -0.3 is 9.47 Å². The summed E-state index contributed by atoms with van der Waals surface area (Å²) < 4.78 is 11.4. The van der Waals surface area contributed by atoms with Crippen molar-refractivity contribution in [3.63, 3.8) is 0 Å². The average Bonchev–Trinajstić information content (AvgIpc) is 2.94. The molecule has 29 heavy (non-hydrogen) atoms. The number of nitrogens with zero attached hydrogens (tertiary/aromatic N) is 2. The van der Waals surface area contributed by atoms with Crippen LogP contribution in [0, 0.1) is 10.1 Å². The van der Waals surface area contributed by atoms with Crippen molar-refractivity contribution < 1.29 is 24.0 Å². The van der Waals surface area contributed by atoms with Crippen LogP contribution in [0.2, 0.25) is 0 Å². The Morgan fingerprint density at radius 1 is 1.10 bits per heavy atom. The zero-order chi connectivity index (χ0) is 21.0. The molecule has 0 atom stereocenters. The van der Waals surface area contributed by atoms with Gasteiger partial charge in [0.2, 0.25) is 0 Å². The van der Waals surface area contributed by atoms with Gasteiger partial charge in [0.1, 0.15) is 6.61 Å². The highest BCUT2D eigenvalue weighted by atomic mass is 32.2. The molecule has 1 heterocycles. The molecule has 0 aliphatic carbocycles. The highest BCUT2D eigenvalue weighted by Crippen LogP contribution is 2.34. The Kier molecular flexibility index (Phi) is 6.18. The number of benzene rings is 2. The first-order valence-corrected chi connectivity index (χ1v) is 9.55. The van der Waals surface area contributed by atoms with Crippen LogP contribution in [-0.2, 0) is 11.4 Å². The van der Waals surface area contributed by atoms with Gasteiger partial charge in [-0.3, -0.25) is 24.6 Å². The van der Waals surface area contributed by atoms with Crippen molar-refractivity contribution in [2.24, 2.45) is 0 Å². The smallest absolute Gasteiger partial charge is 0.293 e. The Morgan fingerprint density at radius 2 is 1.83 bits per heavy atom. The monoisotopic (exact) mass is 414 g/mol. The van der Waals surface area contributed by atoms with Crippen molar-refractivity contribution in [1.29, 1.82) is 0 Å². The number of carbonyl (C=O) groups excluding carboxylic acids is 2. The number of carbonyl (C=O) groups is 2. The fourth-order valence-electron chi connectivity index (χ4n) is 2.57. The number of hydrogen-bond acceptors (Lipinski definition) is 7. The molecule has 1 aliphatic rings. The number of thioether (sulfide) groups is 1. The molecule has 1 aliphatic heterocycles. The van der Waals surface area contributed by atoms with Crippen LogP contribution in [0.25, 0.3) is 6.08 Å². The lowest BCUT2D eigenvalue weighted by Gasteiger charge is -2.13. The van der Waals surface area contributed by atoms with E-state index in [0.29, 0.717) is 28.6 Å². The molecule has 9 heteroatoms. The molecule has 0 bridgehead atoms. The third-order valence-corrected chi connectivity index (χ3v) is 5.05. The number of nitro groups is 1. The van der Waals surface area contributed by atoms with Crippen LogP contribution in [0.4, 0.5) is 10.5 Å². The maximum atomic E-state index is 12.0. The largest absolute Gasteiger partial charge is 0.490 e. The SMILES string of the molecule is CCOc1cc(/C=C2\SC(=O)N(C)C2=O)ccc1OCc1ccc([N+](=O)[O-])cc1. The summed E-state index contributed by atoms with van der Waals surface area (Å²) in [5.41, 5.74) is 1.50. The van der Waals surface area contributed by atoms with E-state index in [1.54, 1.807) is 36.4 Å². The van der Waals surface area contributed by atoms with E-state index in [9.17, 15) is 19.7 Å². The van der Waals surface area contributed by atoms with Gasteiger partial charge in [-0.1, -0.05) is 6.07 Å². The summed E-state index contributed by atoms with van der Waals surface area (Å²) in [4.78, 5) is 35.4. The lowest BCUT2D eigenvalue weighted by Crippen LogP contribution is -2.22. The summed E-state index contributed by atoms with van der Waals surface area (Å²) in [6, 6.07) is 11.3. The van der Waals surface area contributed by atoms with Gasteiger partial charge in [-0.2, -0.15) is 0 Å². The van der Waals surface area contributed by atoms with E-state index >= 15 is 0 Å². The van der Waals surface area contributed by atoms with Crippen LogP contribution in [0.1, 0.15) is 18.1 Å². The van der Waals surface area contributed by atoms with Crippen molar-refractivity contribution in [3.8, 4) is 11.5 Å². The second-order valence-corrected chi connectivity index (χ2v) is 7.09. The topological polar surface area (TPSA) is 99.0 Å². The Labute approximate surface area is 171 Å². The molecule has 1 saturated heterocycles. The summed E-state index contributed by atoms with van der Waals surface area (Å²) in [5.74, 6) is 0.668. The minimum atomic E-state index is -0.455. The van der Waals surface area contributed by atoms with Crippen molar-refractivity contribution in [2.75, 3.05) is 13.7 Å². The maximum absolute atomic E-state index is 12.0. The van der Waals surface area contributed by atoms with E-state index in [0.717, 1.165) is 22.2 Å². The molecule has 2 aromatic rings. The van der Waals surface area contributed by atoms with E-state index in [2.05, 4.69) is 0 Å².